The molecule has 0 amide bonds. The second kappa shape index (κ2) is 5.77. The van der Waals surface area contributed by atoms with Gasteiger partial charge in [0, 0.05) is 11.1 Å². The summed E-state index contributed by atoms with van der Waals surface area (Å²) in [4.78, 5) is 12.6. The fourth-order valence-electron chi connectivity index (χ4n) is 3.52. The number of ketones is 1. The van der Waals surface area contributed by atoms with Crippen molar-refractivity contribution in [2.24, 2.45) is 0 Å². The maximum atomic E-state index is 12.6. The predicted molar refractivity (Wildman–Crippen MR) is 80.1 cm³/mol. The van der Waals surface area contributed by atoms with Gasteiger partial charge in [-0.15, -0.1) is 0 Å². The molecule has 0 radical (unpaired) electrons. The summed E-state index contributed by atoms with van der Waals surface area (Å²) < 4.78 is 43.9. The van der Waals surface area contributed by atoms with Gasteiger partial charge in [0.15, 0.2) is 5.78 Å². The van der Waals surface area contributed by atoms with Gasteiger partial charge in [0.05, 0.1) is 38.8 Å². The lowest BCUT2D eigenvalue weighted by Crippen LogP contribution is -2.26. The van der Waals surface area contributed by atoms with Crippen molar-refractivity contribution in [1.82, 2.24) is 0 Å². The van der Waals surface area contributed by atoms with Crippen molar-refractivity contribution in [3.8, 4) is 11.5 Å². The summed E-state index contributed by atoms with van der Waals surface area (Å²) in [5, 5.41) is 0. The Kier molecular flexibility index (Phi) is 4.07. The van der Waals surface area contributed by atoms with E-state index in [1.165, 1.54) is 14.2 Å². The maximum Gasteiger partial charge on any atom is 0.400 e. The molecule has 1 aromatic rings. The number of carbonyl (C=O) groups is 1. The lowest BCUT2D eigenvalue weighted by Gasteiger charge is -2.25. The van der Waals surface area contributed by atoms with Crippen LogP contribution in [0.1, 0.15) is 36.3 Å². The summed E-state index contributed by atoms with van der Waals surface area (Å²) >= 11 is 0. The van der Waals surface area contributed by atoms with Crippen LogP contribution in [0.4, 0.5) is 0 Å². The van der Waals surface area contributed by atoms with Crippen molar-refractivity contribution in [2.75, 3.05) is 20.8 Å². The summed E-state index contributed by atoms with van der Waals surface area (Å²) in [6, 6.07) is 3.46. The first-order valence-electron chi connectivity index (χ1n) is 7.29. The monoisotopic (exact) mass is 342 g/mol. The van der Waals surface area contributed by atoms with Crippen LogP contribution in [0.5, 0.6) is 11.5 Å². The second-order valence-electron chi connectivity index (χ2n) is 5.42. The molecule has 1 fully saturated rings. The van der Waals surface area contributed by atoms with E-state index in [4.69, 9.17) is 13.7 Å². The Balaban J connectivity index is 2.02. The molecule has 1 saturated carbocycles. The Morgan fingerprint density at radius 3 is 2.30 bits per heavy atom. The van der Waals surface area contributed by atoms with Crippen molar-refractivity contribution in [3.63, 3.8) is 0 Å². The van der Waals surface area contributed by atoms with Crippen LogP contribution >= 0.6 is 0 Å². The first kappa shape index (κ1) is 16.2. The number of hydrogen-bond acceptors (Lipinski definition) is 7. The molecule has 2 bridgehead atoms. The fraction of sp³-hybridized carbons (Fsp3) is 0.533. The Labute approximate surface area is 134 Å². The summed E-state index contributed by atoms with van der Waals surface area (Å²) in [6.45, 7) is 1.53. The van der Waals surface area contributed by atoms with Crippen LogP contribution in [0.15, 0.2) is 12.1 Å². The molecule has 0 unspecified atom stereocenters. The predicted octanol–water partition coefficient (Wildman–Crippen LogP) is 1.52. The lowest BCUT2D eigenvalue weighted by molar-refractivity contribution is -0.119. The second-order valence-corrected chi connectivity index (χ2v) is 6.66. The van der Waals surface area contributed by atoms with E-state index in [0.717, 1.165) is 5.56 Å². The number of ether oxygens (including phenoxy) is 2. The van der Waals surface area contributed by atoms with E-state index in [2.05, 4.69) is 4.18 Å². The third kappa shape index (κ3) is 2.50. The van der Waals surface area contributed by atoms with E-state index < -0.39 is 28.3 Å². The van der Waals surface area contributed by atoms with Crippen LogP contribution in [0.25, 0.3) is 0 Å². The Morgan fingerprint density at radius 1 is 1.13 bits per heavy atom. The largest absolute Gasteiger partial charge is 0.496 e. The van der Waals surface area contributed by atoms with Crippen LogP contribution in [-0.2, 0) is 23.6 Å². The quantitative estimate of drug-likeness (QED) is 0.774. The Hall–Kier alpha value is -1.64. The van der Waals surface area contributed by atoms with Gasteiger partial charge in [-0.25, -0.2) is 8.37 Å². The summed E-state index contributed by atoms with van der Waals surface area (Å²) in [7, 11) is -1.08. The van der Waals surface area contributed by atoms with Gasteiger partial charge >= 0.3 is 10.4 Å². The molecule has 0 aromatic heterocycles. The molecule has 0 saturated heterocycles. The zero-order valence-electron chi connectivity index (χ0n) is 13.1. The van der Waals surface area contributed by atoms with E-state index in [1.807, 2.05) is 0 Å². The standard InChI is InChI=1S/C15H18O7S/c1-4-21-23(17,18)22-11-7-8-12-9(19-2)5-6-10(20-3)13(12)14(11)15(8)16/h5-6,8,11,14H,4,7H2,1-3H3/t8-,11+,14+/m1/s1. The lowest BCUT2D eigenvalue weighted by atomic mass is 9.88. The highest BCUT2D eigenvalue weighted by Gasteiger charge is 2.55. The zero-order valence-corrected chi connectivity index (χ0v) is 13.9. The van der Waals surface area contributed by atoms with Gasteiger partial charge < -0.3 is 9.47 Å². The van der Waals surface area contributed by atoms with Gasteiger partial charge in [0.1, 0.15) is 11.5 Å². The van der Waals surface area contributed by atoms with Crippen LogP contribution in [0.3, 0.4) is 0 Å². The fourth-order valence-corrected chi connectivity index (χ4v) is 4.36. The van der Waals surface area contributed by atoms with Crippen LogP contribution in [-0.4, -0.2) is 41.1 Å². The minimum absolute atomic E-state index is 0.0230. The Bertz CT molecular complexity index is 740. The first-order chi connectivity index (χ1) is 10.9. The van der Waals surface area contributed by atoms with Crippen LogP contribution < -0.4 is 9.47 Å². The van der Waals surface area contributed by atoms with Crippen LogP contribution in [0, 0.1) is 0 Å². The van der Waals surface area contributed by atoms with E-state index in [-0.39, 0.29) is 18.8 Å². The van der Waals surface area contributed by atoms with Crippen LogP contribution in [0.2, 0.25) is 0 Å². The normalized spacial score (nSPS) is 25.5. The molecule has 126 valence electrons. The van der Waals surface area contributed by atoms with Gasteiger partial charge in [-0.05, 0) is 25.5 Å². The van der Waals surface area contributed by atoms with E-state index in [9.17, 15) is 13.2 Å². The van der Waals surface area contributed by atoms with E-state index >= 15 is 0 Å². The molecule has 0 heterocycles. The molecular formula is C15H18O7S. The Morgan fingerprint density at radius 2 is 1.74 bits per heavy atom. The molecule has 7 nitrogen and oxygen atoms in total. The zero-order chi connectivity index (χ0) is 16.8. The third-order valence-corrected chi connectivity index (χ3v) is 5.31. The minimum Gasteiger partial charge on any atom is -0.496 e. The van der Waals surface area contributed by atoms with E-state index in [0.29, 0.717) is 17.1 Å². The van der Waals surface area contributed by atoms with Crippen molar-refractivity contribution in [1.29, 1.82) is 0 Å². The van der Waals surface area contributed by atoms with Crippen molar-refractivity contribution in [2.45, 2.75) is 31.3 Å². The molecule has 0 N–H and O–H groups in total. The number of rotatable bonds is 6. The van der Waals surface area contributed by atoms with Gasteiger partial charge in [0.25, 0.3) is 0 Å². The highest BCUT2D eigenvalue weighted by molar-refractivity contribution is 7.81. The molecular weight excluding hydrogens is 324 g/mol. The minimum atomic E-state index is -4.12. The van der Waals surface area contributed by atoms with Crippen molar-refractivity contribution >= 4 is 16.2 Å². The highest BCUT2D eigenvalue weighted by Crippen LogP contribution is 2.57. The molecule has 0 aliphatic heterocycles. The summed E-state index contributed by atoms with van der Waals surface area (Å²) in [5.41, 5.74) is 1.43. The SMILES string of the molecule is CCOS(=O)(=O)O[C@H]1C[C@H]2C(=O)[C@@H]1c1c(OC)ccc(OC)c12. The maximum absolute atomic E-state index is 12.6. The van der Waals surface area contributed by atoms with Crippen molar-refractivity contribution < 1.29 is 31.1 Å². The molecule has 3 atom stereocenters. The number of methoxy groups -OCH3 is 2. The summed E-state index contributed by atoms with van der Waals surface area (Å²) in [6.07, 6.45) is -0.496. The summed E-state index contributed by atoms with van der Waals surface area (Å²) in [5.74, 6) is -0.0619. The number of benzene rings is 1. The topological polar surface area (TPSA) is 88.1 Å². The molecule has 1 aromatic carbocycles. The molecule has 0 spiro atoms. The highest BCUT2D eigenvalue weighted by atomic mass is 32.3. The molecule has 2 aliphatic carbocycles. The average Bonchev–Trinajstić information content (AvgIpc) is 2.95. The molecule has 8 heteroatoms. The number of Topliss-reactive ketones (excluding diaryl/α,β-unsaturated/α-hetero) is 1. The van der Waals surface area contributed by atoms with E-state index in [1.54, 1.807) is 19.1 Å². The molecule has 2 aliphatic rings. The number of fused-ring (bicyclic) bond motifs is 5. The van der Waals surface area contributed by atoms with Gasteiger partial charge in [-0.1, -0.05) is 0 Å². The van der Waals surface area contributed by atoms with Crippen molar-refractivity contribution in [3.05, 3.63) is 23.3 Å². The van der Waals surface area contributed by atoms with Gasteiger partial charge in [-0.3, -0.25) is 4.79 Å². The molecule has 23 heavy (non-hydrogen) atoms. The van der Waals surface area contributed by atoms with Gasteiger partial charge in [0.2, 0.25) is 0 Å². The number of hydrogen-bond donors (Lipinski definition) is 0. The van der Waals surface area contributed by atoms with Gasteiger partial charge in [-0.2, -0.15) is 8.42 Å². The number of carbonyl (C=O) groups excluding carboxylic acids is 1. The smallest absolute Gasteiger partial charge is 0.400 e. The third-order valence-electron chi connectivity index (χ3n) is 4.30. The first-order valence-corrected chi connectivity index (χ1v) is 8.63. The average molecular weight is 342 g/mol. The molecule has 3 rings (SSSR count).